The van der Waals surface area contributed by atoms with Gasteiger partial charge in [-0.1, -0.05) is 18.2 Å². The number of aliphatic hydroxyl groups is 1. The van der Waals surface area contributed by atoms with E-state index in [1.54, 1.807) is 19.9 Å². The number of nitrogens with zero attached hydrogens (tertiary/aromatic N) is 4. The van der Waals surface area contributed by atoms with E-state index in [9.17, 15) is 19.1 Å². The van der Waals surface area contributed by atoms with Crippen molar-refractivity contribution in [2.24, 2.45) is 0 Å². The Kier molecular flexibility index (Phi) is 5.74. The minimum absolute atomic E-state index is 0.151. The number of carbonyl (C=O) groups excluding carboxylic acids is 2. The fraction of sp³-hybridized carbons (Fsp3) is 0.333. The van der Waals surface area contributed by atoms with Gasteiger partial charge in [0.25, 0.3) is 11.7 Å². The Labute approximate surface area is 168 Å². The molecule has 2 heterocycles. The van der Waals surface area contributed by atoms with E-state index < -0.39 is 29.3 Å². The summed E-state index contributed by atoms with van der Waals surface area (Å²) >= 11 is 0. The summed E-state index contributed by atoms with van der Waals surface area (Å²) in [5, 5.41) is 11.0. The predicted octanol–water partition coefficient (Wildman–Crippen LogP) is 2.22. The summed E-state index contributed by atoms with van der Waals surface area (Å²) in [6.45, 7) is 4.06. The molecule has 1 aromatic carbocycles. The topological polar surface area (TPSA) is 86.6 Å². The molecular weight excluding hydrogens is 375 g/mol. The first-order chi connectivity index (χ1) is 13.7. The Hall–Kier alpha value is -3.13. The third-order valence-electron chi connectivity index (χ3n) is 4.88. The highest BCUT2D eigenvalue weighted by Crippen LogP contribution is 2.40. The van der Waals surface area contributed by atoms with E-state index in [4.69, 9.17) is 0 Å². The molecular formula is C21H23FN4O3. The molecule has 0 spiro atoms. The van der Waals surface area contributed by atoms with Gasteiger partial charge in [0.1, 0.15) is 17.4 Å². The van der Waals surface area contributed by atoms with Crippen molar-refractivity contribution in [2.45, 2.75) is 19.9 Å². The van der Waals surface area contributed by atoms with Crippen molar-refractivity contribution in [1.29, 1.82) is 0 Å². The van der Waals surface area contributed by atoms with Gasteiger partial charge in [-0.05, 0) is 34.0 Å². The summed E-state index contributed by atoms with van der Waals surface area (Å²) in [5.74, 6) is -2.07. The predicted molar refractivity (Wildman–Crippen MR) is 105 cm³/mol. The molecule has 1 aliphatic rings. The first-order valence-electron chi connectivity index (χ1n) is 9.20. The molecule has 0 radical (unpaired) electrons. The van der Waals surface area contributed by atoms with Crippen LogP contribution in [0.25, 0.3) is 5.76 Å². The van der Waals surface area contributed by atoms with Crippen LogP contribution in [0.1, 0.15) is 28.7 Å². The van der Waals surface area contributed by atoms with E-state index in [0.29, 0.717) is 18.1 Å². The molecule has 29 heavy (non-hydrogen) atoms. The average molecular weight is 398 g/mol. The van der Waals surface area contributed by atoms with Crippen molar-refractivity contribution >= 4 is 17.4 Å². The third kappa shape index (κ3) is 3.88. The van der Waals surface area contributed by atoms with Crippen LogP contribution in [0.15, 0.2) is 36.0 Å². The summed E-state index contributed by atoms with van der Waals surface area (Å²) in [5.41, 5.74) is 0.691. The second-order valence-corrected chi connectivity index (χ2v) is 7.23. The van der Waals surface area contributed by atoms with Gasteiger partial charge in [-0.15, -0.1) is 0 Å². The van der Waals surface area contributed by atoms with Gasteiger partial charge in [0.2, 0.25) is 0 Å². The zero-order chi connectivity index (χ0) is 21.3. The molecule has 0 saturated carbocycles. The van der Waals surface area contributed by atoms with E-state index in [1.165, 1.54) is 29.3 Å². The SMILES string of the molecule is Cc1ncc(C(O)=C2C(=O)C(=O)N(CCN(C)C)C2c2ccccc2F)c(C)n1. The van der Waals surface area contributed by atoms with Crippen molar-refractivity contribution < 1.29 is 19.1 Å². The number of likely N-dealkylation sites (tertiary alicyclic amines) is 1. The first kappa shape index (κ1) is 20.6. The number of likely N-dealkylation sites (N-methyl/N-ethyl adjacent to an activating group) is 1. The number of benzene rings is 1. The number of hydrogen-bond acceptors (Lipinski definition) is 6. The average Bonchev–Trinajstić information content (AvgIpc) is 2.90. The minimum Gasteiger partial charge on any atom is -0.507 e. The van der Waals surface area contributed by atoms with Gasteiger partial charge in [0.05, 0.1) is 22.9 Å². The van der Waals surface area contributed by atoms with Crippen molar-refractivity contribution in [2.75, 3.05) is 27.2 Å². The number of carbonyl (C=O) groups is 2. The van der Waals surface area contributed by atoms with Crippen LogP contribution < -0.4 is 0 Å². The van der Waals surface area contributed by atoms with Gasteiger partial charge >= 0.3 is 0 Å². The van der Waals surface area contributed by atoms with Crippen LogP contribution in [-0.4, -0.2) is 63.7 Å². The zero-order valence-corrected chi connectivity index (χ0v) is 16.8. The number of aryl methyl sites for hydroxylation is 2. The van der Waals surface area contributed by atoms with Gasteiger partial charge in [0, 0.05) is 24.8 Å². The molecule has 0 bridgehead atoms. The Morgan fingerprint density at radius 1 is 1.24 bits per heavy atom. The number of hydrogen-bond donors (Lipinski definition) is 1. The summed E-state index contributed by atoms with van der Waals surface area (Å²) in [6, 6.07) is 4.91. The molecule has 1 amide bonds. The van der Waals surface area contributed by atoms with Crippen molar-refractivity contribution in [3.63, 3.8) is 0 Å². The van der Waals surface area contributed by atoms with Crippen LogP contribution in [0.4, 0.5) is 4.39 Å². The number of halogens is 1. The summed E-state index contributed by atoms with van der Waals surface area (Å²) < 4.78 is 14.7. The number of ketones is 1. The highest BCUT2D eigenvalue weighted by atomic mass is 19.1. The Morgan fingerprint density at radius 3 is 2.55 bits per heavy atom. The highest BCUT2D eigenvalue weighted by Gasteiger charge is 2.46. The van der Waals surface area contributed by atoms with Crippen molar-refractivity contribution in [3.8, 4) is 0 Å². The normalized spacial score (nSPS) is 18.7. The standard InChI is InChI=1S/C21H23FN4O3/c1-12-15(11-23-13(2)24-12)19(27)17-18(14-7-5-6-8-16(14)22)26(10-9-25(3)4)21(29)20(17)28/h5-8,11,18,27H,9-10H2,1-4H3. The second kappa shape index (κ2) is 8.08. The lowest BCUT2D eigenvalue weighted by molar-refractivity contribution is -0.140. The summed E-state index contributed by atoms with van der Waals surface area (Å²) in [4.78, 5) is 37.1. The zero-order valence-electron chi connectivity index (χ0n) is 16.8. The highest BCUT2D eigenvalue weighted by molar-refractivity contribution is 6.46. The summed E-state index contributed by atoms with van der Waals surface area (Å²) in [7, 11) is 3.67. The van der Waals surface area contributed by atoms with E-state index in [1.807, 2.05) is 19.0 Å². The Bertz CT molecular complexity index is 1000. The van der Waals surface area contributed by atoms with E-state index in [0.717, 1.165) is 0 Å². The molecule has 152 valence electrons. The molecule has 1 fully saturated rings. The number of Topliss-reactive ketones (excluding diaryl/α,β-unsaturated/α-hetero) is 1. The van der Waals surface area contributed by atoms with Crippen LogP contribution in [0.2, 0.25) is 0 Å². The fourth-order valence-corrected chi connectivity index (χ4v) is 3.40. The second-order valence-electron chi connectivity index (χ2n) is 7.23. The van der Waals surface area contributed by atoms with Gasteiger partial charge in [-0.2, -0.15) is 0 Å². The van der Waals surface area contributed by atoms with Crippen LogP contribution in [0.3, 0.4) is 0 Å². The van der Waals surface area contributed by atoms with Crippen LogP contribution in [-0.2, 0) is 9.59 Å². The molecule has 1 aliphatic heterocycles. The number of aliphatic hydroxyl groups excluding tert-OH is 1. The quantitative estimate of drug-likeness (QED) is 0.472. The third-order valence-corrected chi connectivity index (χ3v) is 4.88. The number of rotatable bonds is 5. The Morgan fingerprint density at radius 2 is 1.93 bits per heavy atom. The van der Waals surface area contributed by atoms with Crippen LogP contribution >= 0.6 is 0 Å². The molecule has 1 aromatic heterocycles. The number of aromatic nitrogens is 2. The maximum absolute atomic E-state index is 14.7. The molecule has 1 N–H and O–H groups in total. The van der Waals surface area contributed by atoms with Gasteiger partial charge in [-0.25, -0.2) is 14.4 Å². The lowest BCUT2D eigenvalue weighted by atomic mass is 9.95. The molecule has 1 atom stereocenters. The molecule has 8 heteroatoms. The van der Waals surface area contributed by atoms with Gasteiger partial charge < -0.3 is 14.9 Å². The van der Waals surface area contributed by atoms with Crippen LogP contribution in [0.5, 0.6) is 0 Å². The van der Waals surface area contributed by atoms with Gasteiger partial charge in [-0.3, -0.25) is 9.59 Å². The number of amides is 1. The fourth-order valence-electron chi connectivity index (χ4n) is 3.40. The molecule has 7 nitrogen and oxygen atoms in total. The lowest BCUT2D eigenvalue weighted by Gasteiger charge is -2.26. The Balaban J connectivity index is 2.21. The van der Waals surface area contributed by atoms with Crippen molar-refractivity contribution in [1.82, 2.24) is 19.8 Å². The van der Waals surface area contributed by atoms with E-state index >= 15 is 0 Å². The molecule has 3 rings (SSSR count). The van der Waals surface area contributed by atoms with E-state index in [-0.39, 0.29) is 23.2 Å². The molecule has 2 aromatic rings. The lowest BCUT2D eigenvalue weighted by Crippen LogP contribution is -2.35. The monoisotopic (exact) mass is 398 g/mol. The summed E-state index contributed by atoms with van der Waals surface area (Å²) in [6.07, 6.45) is 1.40. The molecule has 1 unspecified atom stereocenters. The maximum atomic E-state index is 14.7. The molecule has 1 saturated heterocycles. The van der Waals surface area contributed by atoms with Crippen molar-refractivity contribution in [3.05, 3.63) is 64.5 Å². The van der Waals surface area contributed by atoms with E-state index in [2.05, 4.69) is 9.97 Å². The minimum atomic E-state index is -1.03. The molecule has 0 aliphatic carbocycles. The smallest absolute Gasteiger partial charge is 0.295 e. The van der Waals surface area contributed by atoms with Crippen LogP contribution in [0, 0.1) is 19.7 Å². The first-order valence-corrected chi connectivity index (χ1v) is 9.20. The van der Waals surface area contributed by atoms with Gasteiger partial charge in [0.15, 0.2) is 0 Å². The largest absolute Gasteiger partial charge is 0.507 e. The maximum Gasteiger partial charge on any atom is 0.295 e.